The Labute approximate surface area is 73.7 Å². The molecule has 1 aromatic rings. The number of hydrogen-bond acceptors (Lipinski definition) is 1. The lowest BCUT2D eigenvalue weighted by molar-refractivity contribution is 0.371. The molecule has 0 aliphatic rings. The van der Waals surface area contributed by atoms with Crippen LogP contribution in [0.1, 0.15) is 16.7 Å². The largest absolute Gasteiger partial charge is 0.497 e. The Morgan fingerprint density at radius 3 is 2.50 bits per heavy atom. The molecule has 0 aromatic heterocycles. The van der Waals surface area contributed by atoms with Crippen molar-refractivity contribution in [2.45, 2.75) is 13.8 Å². The first-order chi connectivity index (χ1) is 5.65. The van der Waals surface area contributed by atoms with E-state index < -0.39 is 0 Å². The summed E-state index contributed by atoms with van der Waals surface area (Å²) in [4.78, 5) is 0. The first-order valence-corrected chi connectivity index (χ1v) is 3.95. The van der Waals surface area contributed by atoms with Gasteiger partial charge in [-0.05, 0) is 19.4 Å². The first kappa shape index (κ1) is 8.85. The lowest BCUT2D eigenvalue weighted by Gasteiger charge is -2.07. The third kappa shape index (κ3) is 1.67. The predicted molar refractivity (Wildman–Crippen MR) is 52.0 cm³/mol. The molecule has 0 saturated heterocycles. The van der Waals surface area contributed by atoms with Crippen LogP contribution in [0.3, 0.4) is 0 Å². The van der Waals surface area contributed by atoms with Crippen LogP contribution in [-0.2, 0) is 4.74 Å². The van der Waals surface area contributed by atoms with Crippen LogP contribution in [0.25, 0.3) is 5.76 Å². The summed E-state index contributed by atoms with van der Waals surface area (Å²) in [5, 5.41) is 0. The zero-order chi connectivity index (χ0) is 9.14. The Hall–Kier alpha value is -1.24. The molecule has 0 aliphatic heterocycles. The second-order valence-corrected chi connectivity index (χ2v) is 2.95. The summed E-state index contributed by atoms with van der Waals surface area (Å²) in [6, 6.07) is 6.22. The fourth-order valence-corrected chi connectivity index (χ4v) is 1.24. The number of benzene rings is 1. The lowest BCUT2D eigenvalue weighted by Crippen LogP contribution is -1.90. The number of hydrogen-bond donors (Lipinski definition) is 0. The van der Waals surface area contributed by atoms with Gasteiger partial charge in [0.15, 0.2) is 0 Å². The van der Waals surface area contributed by atoms with Crippen LogP contribution in [0.4, 0.5) is 0 Å². The predicted octanol–water partition coefficient (Wildman–Crippen LogP) is 2.92. The zero-order valence-corrected chi connectivity index (χ0v) is 7.85. The van der Waals surface area contributed by atoms with Crippen LogP contribution < -0.4 is 0 Å². The minimum Gasteiger partial charge on any atom is -0.497 e. The van der Waals surface area contributed by atoms with Gasteiger partial charge in [-0.25, -0.2) is 0 Å². The molecule has 0 radical (unpaired) electrons. The monoisotopic (exact) mass is 162 g/mol. The minimum absolute atomic E-state index is 0.729. The summed E-state index contributed by atoms with van der Waals surface area (Å²) in [6.45, 7) is 7.95. The third-order valence-corrected chi connectivity index (χ3v) is 1.93. The standard InChI is InChI=1S/C11H14O/c1-8-5-6-11(9(2)7-8)10(3)12-4/h5-7H,3H2,1-2,4H3. The molecule has 64 valence electrons. The Morgan fingerprint density at radius 2 is 2.00 bits per heavy atom. The maximum atomic E-state index is 5.06. The van der Waals surface area contributed by atoms with Crippen LogP contribution in [0.2, 0.25) is 0 Å². The van der Waals surface area contributed by atoms with Gasteiger partial charge >= 0.3 is 0 Å². The van der Waals surface area contributed by atoms with Crippen molar-refractivity contribution in [2.24, 2.45) is 0 Å². The van der Waals surface area contributed by atoms with Crippen molar-refractivity contribution >= 4 is 5.76 Å². The van der Waals surface area contributed by atoms with E-state index in [-0.39, 0.29) is 0 Å². The van der Waals surface area contributed by atoms with Gasteiger partial charge in [-0.1, -0.05) is 30.3 Å². The van der Waals surface area contributed by atoms with E-state index in [1.165, 1.54) is 11.1 Å². The van der Waals surface area contributed by atoms with Gasteiger partial charge in [0.05, 0.1) is 7.11 Å². The van der Waals surface area contributed by atoms with Gasteiger partial charge in [0, 0.05) is 5.56 Å². The maximum absolute atomic E-state index is 5.06. The molecule has 0 bridgehead atoms. The van der Waals surface area contributed by atoms with Crippen molar-refractivity contribution in [1.29, 1.82) is 0 Å². The summed E-state index contributed by atoms with van der Waals surface area (Å²) in [6.07, 6.45) is 0. The van der Waals surface area contributed by atoms with Gasteiger partial charge in [0.25, 0.3) is 0 Å². The molecule has 1 nitrogen and oxygen atoms in total. The number of ether oxygens (including phenoxy) is 1. The summed E-state index contributed by atoms with van der Waals surface area (Å²) >= 11 is 0. The fraction of sp³-hybridized carbons (Fsp3) is 0.273. The van der Waals surface area contributed by atoms with Crippen LogP contribution in [0.15, 0.2) is 24.8 Å². The van der Waals surface area contributed by atoms with E-state index in [0.29, 0.717) is 0 Å². The molecule has 1 heteroatoms. The van der Waals surface area contributed by atoms with Crippen LogP contribution >= 0.6 is 0 Å². The molecular weight excluding hydrogens is 148 g/mol. The quantitative estimate of drug-likeness (QED) is 0.607. The molecule has 0 spiro atoms. The van der Waals surface area contributed by atoms with Crippen LogP contribution in [0, 0.1) is 13.8 Å². The molecule has 1 rings (SSSR count). The van der Waals surface area contributed by atoms with Gasteiger partial charge in [0.1, 0.15) is 5.76 Å². The Balaban J connectivity index is 3.09. The van der Waals surface area contributed by atoms with E-state index in [1.54, 1.807) is 7.11 Å². The average Bonchev–Trinajstić information content (AvgIpc) is 2.03. The fourth-order valence-electron chi connectivity index (χ4n) is 1.24. The molecule has 0 heterocycles. The lowest BCUT2D eigenvalue weighted by atomic mass is 10.1. The van der Waals surface area contributed by atoms with Crippen molar-refractivity contribution in [3.8, 4) is 0 Å². The van der Waals surface area contributed by atoms with E-state index in [9.17, 15) is 0 Å². The second-order valence-electron chi connectivity index (χ2n) is 2.95. The number of rotatable bonds is 2. The van der Waals surface area contributed by atoms with E-state index in [4.69, 9.17) is 4.74 Å². The van der Waals surface area contributed by atoms with Crippen molar-refractivity contribution < 1.29 is 4.74 Å². The van der Waals surface area contributed by atoms with E-state index in [0.717, 1.165) is 11.3 Å². The topological polar surface area (TPSA) is 9.23 Å². The highest BCUT2D eigenvalue weighted by Crippen LogP contribution is 2.18. The van der Waals surface area contributed by atoms with Crippen molar-refractivity contribution in [3.63, 3.8) is 0 Å². The van der Waals surface area contributed by atoms with E-state index in [1.807, 2.05) is 6.07 Å². The van der Waals surface area contributed by atoms with E-state index in [2.05, 4.69) is 32.6 Å². The number of methoxy groups -OCH3 is 1. The van der Waals surface area contributed by atoms with Gasteiger partial charge < -0.3 is 4.74 Å². The van der Waals surface area contributed by atoms with Crippen LogP contribution in [0.5, 0.6) is 0 Å². The molecule has 0 aliphatic carbocycles. The smallest absolute Gasteiger partial charge is 0.119 e. The Morgan fingerprint density at radius 1 is 1.33 bits per heavy atom. The average molecular weight is 162 g/mol. The molecule has 0 saturated carbocycles. The summed E-state index contributed by atoms with van der Waals surface area (Å²) < 4.78 is 5.06. The van der Waals surface area contributed by atoms with Crippen molar-refractivity contribution in [3.05, 3.63) is 41.5 Å². The molecule has 0 fully saturated rings. The molecular formula is C11H14O. The highest BCUT2D eigenvalue weighted by Gasteiger charge is 2.01. The second kappa shape index (κ2) is 3.44. The molecule has 0 amide bonds. The first-order valence-electron chi connectivity index (χ1n) is 3.95. The highest BCUT2D eigenvalue weighted by molar-refractivity contribution is 5.61. The third-order valence-electron chi connectivity index (χ3n) is 1.93. The van der Waals surface area contributed by atoms with Crippen molar-refractivity contribution in [2.75, 3.05) is 7.11 Å². The zero-order valence-electron chi connectivity index (χ0n) is 7.85. The van der Waals surface area contributed by atoms with Crippen molar-refractivity contribution in [1.82, 2.24) is 0 Å². The molecule has 1 aromatic carbocycles. The van der Waals surface area contributed by atoms with Gasteiger partial charge in [-0.2, -0.15) is 0 Å². The molecule has 0 N–H and O–H groups in total. The summed E-state index contributed by atoms with van der Waals surface area (Å²) in [5.74, 6) is 0.729. The molecule has 12 heavy (non-hydrogen) atoms. The minimum atomic E-state index is 0.729. The highest BCUT2D eigenvalue weighted by atomic mass is 16.5. The summed E-state index contributed by atoms with van der Waals surface area (Å²) in [5.41, 5.74) is 3.56. The Kier molecular flexibility index (Phi) is 2.54. The molecule has 0 unspecified atom stereocenters. The SMILES string of the molecule is C=C(OC)c1ccc(C)cc1C. The maximum Gasteiger partial charge on any atom is 0.119 e. The van der Waals surface area contributed by atoms with Gasteiger partial charge in [-0.3, -0.25) is 0 Å². The Bertz CT molecular complexity index is 300. The normalized spacial score (nSPS) is 9.58. The van der Waals surface area contributed by atoms with Gasteiger partial charge in [0.2, 0.25) is 0 Å². The van der Waals surface area contributed by atoms with Gasteiger partial charge in [-0.15, -0.1) is 0 Å². The van der Waals surface area contributed by atoms with Crippen LogP contribution in [-0.4, -0.2) is 7.11 Å². The number of aryl methyl sites for hydroxylation is 2. The molecule has 0 atom stereocenters. The van der Waals surface area contributed by atoms with E-state index >= 15 is 0 Å². The summed E-state index contributed by atoms with van der Waals surface area (Å²) in [7, 11) is 1.64.